The standard InChI is InChI=1S/C23H38N4O8/c1-15(2)21(22(32)25-14-17(4)28)26-19(30)6-9-34-11-12-35-10-7-24-18(29)5-8-27-20(31)13-16(3)23(27)33/h15-16,21H,5-14H2,1-4H3,(H,24,29)(H,25,32)(H,26,30)/t16?,21-/m0/s1. The molecule has 1 aliphatic heterocycles. The summed E-state index contributed by atoms with van der Waals surface area (Å²) >= 11 is 0. The zero-order valence-corrected chi connectivity index (χ0v) is 21.0. The molecule has 1 unspecified atom stereocenters. The molecule has 3 N–H and O–H groups in total. The number of carbonyl (C=O) groups is 6. The number of amides is 5. The van der Waals surface area contributed by atoms with Crippen molar-refractivity contribution in [1.82, 2.24) is 20.9 Å². The Morgan fingerprint density at radius 2 is 1.63 bits per heavy atom. The molecule has 35 heavy (non-hydrogen) atoms. The Kier molecular flexibility index (Phi) is 13.7. The predicted octanol–water partition coefficient (Wildman–Crippen LogP) is -0.843. The molecule has 0 aromatic rings. The molecule has 0 saturated carbocycles. The van der Waals surface area contributed by atoms with Crippen molar-refractivity contribution in [2.45, 2.75) is 53.0 Å². The van der Waals surface area contributed by atoms with Gasteiger partial charge in [0.15, 0.2) is 0 Å². The van der Waals surface area contributed by atoms with Crippen molar-refractivity contribution in [3.8, 4) is 0 Å². The summed E-state index contributed by atoms with van der Waals surface area (Å²) in [7, 11) is 0. The smallest absolute Gasteiger partial charge is 0.243 e. The molecule has 0 aliphatic carbocycles. The summed E-state index contributed by atoms with van der Waals surface area (Å²) in [6.45, 7) is 7.87. The van der Waals surface area contributed by atoms with Crippen molar-refractivity contribution in [2.75, 3.05) is 46.1 Å². The molecule has 1 saturated heterocycles. The Morgan fingerprint density at radius 1 is 0.971 bits per heavy atom. The molecule has 2 atom stereocenters. The number of ketones is 1. The van der Waals surface area contributed by atoms with Gasteiger partial charge < -0.3 is 25.4 Å². The van der Waals surface area contributed by atoms with Crippen LogP contribution in [-0.4, -0.2) is 92.3 Å². The number of carbonyl (C=O) groups excluding carboxylic acids is 6. The van der Waals surface area contributed by atoms with Crippen LogP contribution in [0.15, 0.2) is 0 Å². The van der Waals surface area contributed by atoms with Crippen molar-refractivity contribution < 1.29 is 38.2 Å². The highest BCUT2D eigenvalue weighted by Crippen LogP contribution is 2.18. The van der Waals surface area contributed by atoms with Gasteiger partial charge >= 0.3 is 0 Å². The zero-order chi connectivity index (χ0) is 26.4. The molecule has 1 heterocycles. The summed E-state index contributed by atoms with van der Waals surface area (Å²) < 4.78 is 10.7. The number of rotatable bonds is 17. The van der Waals surface area contributed by atoms with Crippen molar-refractivity contribution in [3.05, 3.63) is 0 Å². The first-order valence-corrected chi connectivity index (χ1v) is 11.9. The minimum Gasteiger partial charge on any atom is -0.379 e. The summed E-state index contributed by atoms with van der Waals surface area (Å²) in [5.74, 6) is -2.13. The lowest BCUT2D eigenvalue weighted by atomic mass is 10.0. The van der Waals surface area contributed by atoms with Crippen LogP contribution in [0.25, 0.3) is 0 Å². The first-order chi connectivity index (χ1) is 16.5. The lowest BCUT2D eigenvalue weighted by Gasteiger charge is -2.21. The van der Waals surface area contributed by atoms with E-state index in [2.05, 4.69) is 16.0 Å². The number of nitrogens with one attached hydrogen (secondary N) is 3. The van der Waals surface area contributed by atoms with Crippen LogP contribution in [0.5, 0.6) is 0 Å². The second-order valence-corrected chi connectivity index (χ2v) is 8.77. The van der Waals surface area contributed by atoms with Crippen LogP contribution in [-0.2, 0) is 38.2 Å². The molecule has 1 rings (SSSR count). The lowest BCUT2D eigenvalue weighted by Crippen LogP contribution is -2.50. The Bertz CT molecular complexity index is 771. The highest BCUT2D eigenvalue weighted by molar-refractivity contribution is 6.03. The fourth-order valence-electron chi connectivity index (χ4n) is 3.24. The minimum absolute atomic E-state index is 0.0471. The van der Waals surface area contributed by atoms with E-state index in [1.807, 2.05) is 0 Å². The average molecular weight is 499 g/mol. The van der Waals surface area contributed by atoms with Crippen LogP contribution in [0.2, 0.25) is 0 Å². The van der Waals surface area contributed by atoms with Gasteiger partial charge in [0.2, 0.25) is 29.5 Å². The van der Waals surface area contributed by atoms with Crippen LogP contribution in [0, 0.1) is 11.8 Å². The molecule has 0 bridgehead atoms. The maximum Gasteiger partial charge on any atom is 0.243 e. The van der Waals surface area contributed by atoms with Gasteiger partial charge in [-0.05, 0) is 12.8 Å². The summed E-state index contributed by atoms with van der Waals surface area (Å²) in [6, 6.07) is -0.736. The average Bonchev–Trinajstić information content (AvgIpc) is 3.03. The molecule has 12 heteroatoms. The quantitative estimate of drug-likeness (QED) is 0.173. The van der Waals surface area contributed by atoms with Gasteiger partial charge in [0.1, 0.15) is 11.8 Å². The van der Waals surface area contributed by atoms with E-state index in [-0.39, 0.29) is 107 Å². The Balaban J connectivity index is 2.06. The third-order valence-electron chi connectivity index (χ3n) is 5.22. The summed E-state index contributed by atoms with van der Waals surface area (Å²) in [5.41, 5.74) is 0. The molecular weight excluding hydrogens is 460 g/mol. The Morgan fingerprint density at radius 3 is 2.20 bits per heavy atom. The number of Topliss-reactive ketones (excluding diaryl/α,β-unsaturated/α-hetero) is 1. The van der Waals surface area contributed by atoms with Gasteiger partial charge in [-0.25, -0.2) is 0 Å². The van der Waals surface area contributed by atoms with E-state index in [1.165, 1.54) is 6.92 Å². The number of nitrogens with zero attached hydrogens (tertiary/aromatic N) is 1. The summed E-state index contributed by atoms with van der Waals surface area (Å²) in [6.07, 6.45) is 0.310. The normalized spacial score (nSPS) is 16.4. The molecule has 1 fully saturated rings. The van der Waals surface area contributed by atoms with Crippen LogP contribution in [0.3, 0.4) is 0 Å². The van der Waals surface area contributed by atoms with Gasteiger partial charge in [-0.3, -0.25) is 33.7 Å². The monoisotopic (exact) mass is 498 g/mol. The third-order valence-corrected chi connectivity index (χ3v) is 5.22. The number of ether oxygens (including phenoxy) is 2. The highest BCUT2D eigenvalue weighted by atomic mass is 16.5. The van der Waals surface area contributed by atoms with Crippen molar-refractivity contribution in [2.24, 2.45) is 11.8 Å². The third kappa shape index (κ3) is 11.9. The van der Waals surface area contributed by atoms with Gasteiger partial charge in [0.05, 0.1) is 33.0 Å². The Hall–Kier alpha value is -2.86. The van der Waals surface area contributed by atoms with Gasteiger partial charge in [-0.15, -0.1) is 0 Å². The largest absolute Gasteiger partial charge is 0.379 e. The zero-order valence-electron chi connectivity index (χ0n) is 21.0. The van der Waals surface area contributed by atoms with Crippen LogP contribution in [0.4, 0.5) is 0 Å². The molecule has 0 radical (unpaired) electrons. The molecule has 198 valence electrons. The minimum atomic E-state index is -0.736. The van der Waals surface area contributed by atoms with Crippen molar-refractivity contribution in [3.63, 3.8) is 0 Å². The fraction of sp³-hybridized carbons (Fsp3) is 0.739. The molecule has 12 nitrogen and oxygen atoms in total. The van der Waals surface area contributed by atoms with Gasteiger partial charge in [0, 0.05) is 38.3 Å². The van der Waals surface area contributed by atoms with E-state index in [0.717, 1.165) is 4.90 Å². The Labute approximate surface area is 205 Å². The fourth-order valence-corrected chi connectivity index (χ4v) is 3.24. The van der Waals surface area contributed by atoms with E-state index >= 15 is 0 Å². The summed E-state index contributed by atoms with van der Waals surface area (Å²) in [5, 5.41) is 7.80. The first kappa shape index (κ1) is 30.2. The number of hydrogen-bond donors (Lipinski definition) is 3. The molecular formula is C23H38N4O8. The molecule has 0 aromatic heterocycles. The molecule has 0 aromatic carbocycles. The molecule has 5 amide bonds. The SMILES string of the molecule is CC(=O)CNC(=O)[C@@H](NC(=O)CCOCCOCCNC(=O)CCN1C(=O)CC(C)C1=O)C(C)C. The molecule has 0 spiro atoms. The van der Waals surface area contributed by atoms with Crippen molar-refractivity contribution >= 4 is 35.3 Å². The van der Waals surface area contributed by atoms with E-state index in [1.54, 1.807) is 20.8 Å². The maximum absolute atomic E-state index is 12.1. The van der Waals surface area contributed by atoms with E-state index in [0.29, 0.717) is 0 Å². The number of imide groups is 1. The second-order valence-electron chi connectivity index (χ2n) is 8.77. The highest BCUT2D eigenvalue weighted by Gasteiger charge is 2.35. The van der Waals surface area contributed by atoms with E-state index in [9.17, 15) is 28.8 Å². The first-order valence-electron chi connectivity index (χ1n) is 11.9. The van der Waals surface area contributed by atoms with Crippen molar-refractivity contribution in [1.29, 1.82) is 0 Å². The number of hydrogen-bond acceptors (Lipinski definition) is 8. The number of likely N-dealkylation sites (tertiary alicyclic amines) is 1. The van der Waals surface area contributed by atoms with Crippen LogP contribution >= 0.6 is 0 Å². The summed E-state index contributed by atoms with van der Waals surface area (Å²) in [4.78, 5) is 71.7. The topological polar surface area (TPSA) is 160 Å². The predicted molar refractivity (Wildman–Crippen MR) is 125 cm³/mol. The molecule has 1 aliphatic rings. The van der Waals surface area contributed by atoms with Crippen LogP contribution < -0.4 is 16.0 Å². The van der Waals surface area contributed by atoms with E-state index < -0.39 is 11.9 Å². The van der Waals surface area contributed by atoms with E-state index in [4.69, 9.17) is 9.47 Å². The van der Waals surface area contributed by atoms with Gasteiger partial charge in [-0.2, -0.15) is 0 Å². The lowest BCUT2D eigenvalue weighted by molar-refractivity contribution is -0.139. The maximum atomic E-state index is 12.1. The second kappa shape index (κ2) is 15.9. The van der Waals surface area contributed by atoms with Gasteiger partial charge in [0.25, 0.3) is 0 Å². The van der Waals surface area contributed by atoms with Crippen LogP contribution in [0.1, 0.15) is 47.0 Å². The van der Waals surface area contributed by atoms with Gasteiger partial charge in [-0.1, -0.05) is 20.8 Å².